The van der Waals surface area contributed by atoms with Crippen LogP contribution in [0, 0.1) is 6.92 Å². The molecule has 0 radical (unpaired) electrons. The van der Waals surface area contributed by atoms with Gasteiger partial charge in [-0.1, -0.05) is 32.1 Å². The van der Waals surface area contributed by atoms with Crippen LogP contribution in [-0.4, -0.2) is 34.7 Å². The third kappa shape index (κ3) is 3.17. The van der Waals surface area contributed by atoms with Crippen molar-refractivity contribution in [2.24, 2.45) is 0 Å². The normalized spacial score (nSPS) is 21.2. The molecule has 3 amide bonds. The number of thiophene rings is 1. The van der Waals surface area contributed by atoms with Gasteiger partial charge in [-0.15, -0.1) is 11.3 Å². The first-order chi connectivity index (χ1) is 11.0. The van der Waals surface area contributed by atoms with Gasteiger partial charge in [-0.3, -0.25) is 14.5 Å². The molecule has 23 heavy (non-hydrogen) atoms. The van der Waals surface area contributed by atoms with Crippen molar-refractivity contribution in [2.45, 2.75) is 57.4 Å². The van der Waals surface area contributed by atoms with Crippen LogP contribution in [-0.2, 0) is 4.79 Å². The molecule has 2 aliphatic rings. The summed E-state index contributed by atoms with van der Waals surface area (Å²) in [6, 6.07) is 3.21. The Morgan fingerprint density at radius 1 is 1.17 bits per heavy atom. The molecule has 1 aromatic rings. The predicted octanol–water partition coefficient (Wildman–Crippen LogP) is 3.27. The molecule has 3 rings (SSSR count). The van der Waals surface area contributed by atoms with Crippen molar-refractivity contribution in [1.29, 1.82) is 0 Å². The summed E-state index contributed by atoms with van der Waals surface area (Å²) in [7, 11) is 0. The van der Waals surface area contributed by atoms with Crippen LogP contribution in [0.25, 0.3) is 0 Å². The minimum Gasteiger partial charge on any atom is -0.323 e. The van der Waals surface area contributed by atoms with Gasteiger partial charge in [-0.05, 0) is 31.9 Å². The van der Waals surface area contributed by atoms with Crippen molar-refractivity contribution < 1.29 is 14.4 Å². The Bertz CT molecular complexity index is 630. The Hall–Kier alpha value is -1.69. The number of Topliss-reactive ketones (excluding diaryl/α,β-unsaturated/α-hetero) is 1. The minimum absolute atomic E-state index is 0.160. The van der Waals surface area contributed by atoms with E-state index < -0.39 is 11.6 Å². The van der Waals surface area contributed by atoms with E-state index in [9.17, 15) is 14.4 Å². The van der Waals surface area contributed by atoms with Crippen molar-refractivity contribution >= 4 is 29.1 Å². The Morgan fingerprint density at radius 2 is 1.83 bits per heavy atom. The summed E-state index contributed by atoms with van der Waals surface area (Å²) in [5.74, 6) is -0.388. The van der Waals surface area contributed by atoms with Crippen molar-refractivity contribution in [3.63, 3.8) is 0 Å². The summed E-state index contributed by atoms with van der Waals surface area (Å²) in [5, 5.41) is 2.89. The standard InChI is InChI=1S/C17H22N2O3S/c1-12-7-8-14(23-12)13(20)11-19-15(21)17(18-16(19)22)9-5-3-2-4-6-10-17/h7-8H,2-6,9-11H2,1H3,(H,18,22). The predicted molar refractivity (Wildman–Crippen MR) is 88.7 cm³/mol. The first-order valence-electron chi connectivity index (χ1n) is 8.26. The van der Waals surface area contributed by atoms with Gasteiger partial charge in [0.1, 0.15) is 5.54 Å². The Balaban J connectivity index is 1.74. The number of imide groups is 1. The SMILES string of the molecule is Cc1ccc(C(=O)CN2C(=O)NC3(CCCCCCC3)C2=O)s1. The zero-order valence-electron chi connectivity index (χ0n) is 13.4. The number of amides is 3. The highest BCUT2D eigenvalue weighted by Gasteiger charge is 2.50. The molecular formula is C17H22N2O3S. The molecule has 1 aromatic heterocycles. The lowest BCUT2D eigenvalue weighted by Crippen LogP contribution is -2.47. The molecule has 6 heteroatoms. The second-order valence-corrected chi connectivity index (χ2v) is 7.79. The van der Waals surface area contributed by atoms with Crippen LogP contribution in [0.5, 0.6) is 0 Å². The van der Waals surface area contributed by atoms with Gasteiger partial charge in [-0.25, -0.2) is 4.79 Å². The summed E-state index contributed by atoms with van der Waals surface area (Å²) >= 11 is 1.40. The zero-order valence-corrected chi connectivity index (χ0v) is 14.2. The molecule has 0 aromatic carbocycles. The average molecular weight is 334 g/mol. The average Bonchev–Trinajstić information content (AvgIpc) is 3.01. The van der Waals surface area contributed by atoms with Crippen molar-refractivity contribution in [3.05, 3.63) is 21.9 Å². The maximum Gasteiger partial charge on any atom is 0.325 e. The summed E-state index contributed by atoms with van der Waals surface area (Å²) in [4.78, 5) is 40.2. The number of urea groups is 1. The van der Waals surface area contributed by atoms with E-state index in [0.717, 1.165) is 35.5 Å². The highest BCUT2D eigenvalue weighted by atomic mass is 32.1. The topological polar surface area (TPSA) is 66.5 Å². The second-order valence-electron chi connectivity index (χ2n) is 6.50. The van der Waals surface area contributed by atoms with Gasteiger partial charge < -0.3 is 5.32 Å². The number of hydrogen-bond acceptors (Lipinski definition) is 4. The molecular weight excluding hydrogens is 312 g/mol. The van der Waals surface area contributed by atoms with E-state index in [-0.39, 0.29) is 18.2 Å². The lowest BCUT2D eigenvalue weighted by molar-refractivity contribution is -0.131. The molecule has 1 aliphatic heterocycles. The first-order valence-corrected chi connectivity index (χ1v) is 9.07. The van der Waals surface area contributed by atoms with E-state index >= 15 is 0 Å². The van der Waals surface area contributed by atoms with Gasteiger partial charge in [-0.2, -0.15) is 0 Å². The highest BCUT2D eigenvalue weighted by molar-refractivity contribution is 7.14. The van der Waals surface area contributed by atoms with Crippen LogP contribution in [0.3, 0.4) is 0 Å². The van der Waals surface area contributed by atoms with Crippen LogP contribution in [0.2, 0.25) is 0 Å². The molecule has 1 aliphatic carbocycles. The monoisotopic (exact) mass is 334 g/mol. The lowest BCUT2D eigenvalue weighted by atomic mass is 9.84. The number of aryl methyl sites for hydroxylation is 1. The number of ketones is 1. The van der Waals surface area contributed by atoms with Crippen LogP contribution < -0.4 is 5.32 Å². The van der Waals surface area contributed by atoms with E-state index in [1.54, 1.807) is 6.07 Å². The summed E-state index contributed by atoms with van der Waals surface area (Å²) < 4.78 is 0. The van der Waals surface area contributed by atoms with Gasteiger partial charge in [0.2, 0.25) is 0 Å². The van der Waals surface area contributed by atoms with Gasteiger partial charge >= 0.3 is 6.03 Å². The maximum absolute atomic E-state index is 12.8. The van der Waals surface area contributed by atoms with Crippen LogP contribution in [0.4, 0.5) is 4.79 Å². The van der Waals surface area contributed by atoms with Crippen molar-refractivity contribution in [2.75, 3.05) is 6.54 Å². The Morgan fingerprint density at radius 3 is 2.43 bits per heavy atom. The van der Waals surface area contributed by atoms with E-state index in [0.29, 0.717) is 17.7 Å². The van der Waals surface area contributed by atoms with E-state index in [1.807, 2.05) is 13.0 Å². The van der Waals surface area contributed by atoms with E-state index in [4.69, 9.17) is 0 Å². The maximum atomic E-state index is 12.8. The zero-order chi connectivity index (χ0) is 16.4. The number of nitrogens with zero attached hydrogens (tertiary/aromatic N) is 1. The van der Waals surface area contributed by atoms with Crippen molar-refractivity contribution in [1.82, 2.24) is 10.2 Å². The molecule has 2 heterocycles. The van der Waals surface area contributed by atoms with Crippen molar-refractivity contribution in [3.8, 4) is 0 Å². The number of carbonyl (C=O) groups excluding carboxylic acids is 3. The molecule has 2 fully saturated rings. The molecule has 1 N–H and O–H groups in total. The number of hydrogen-bond donors (Lipinski definition) is 1. The third-order valence-electron chi connectivity index (χ3n) is 4.77. The fourth-order valence-corrected chi connectivity index (χ4v) is 4.27. The number of rotatable bonds is 3. The summed E-state index contributed by atoms with van der Waals surface area (Å²) in [6.07, 6.45) is 6.63. The molecule has 1 saturated heterocycles. The molecule has 1 spiro atoms. The third-order valence-corrected chi connectivity index (χ3v) is 5.81. The fraction of sp³-hybridized carbons (Fsp3) is 0.588. The van der Waals surface area contributed by atoms with E-state index in [1.165, 1.54) is 17.8 Å². The van der Waals surface area contributed by atoms with E-state index in [2.05, 4.69) is 5.32 Å². The summed E-state index contributed by atoms with van der Waals surface area (Å²) in [5.41, 5.74) is -0.775. The minimum atomic E-state index is -0.775. The number of nitrogens with one attached hydrogen (secondary N) is 1. The highest BCUT2D eigenvalue weighted by Crippen LogP contribution is 2.32. The molecule has 5 nitrogen and oxygen atoms in total. The van der Waals surface area contributed by atoms with Crippen LogP contribution in [0.1, 0.15) is 59.5 Å². The molecule has 0 atom stereocenters. The Kier molecular flexibility index (Phi) is 4.53. The molecule has 1 saturated carbocycles. The quantitative estimate of drug-likeness (QED) is 0.681. The van der Waals surface area contributed by atoms with Crippen LogP contribution in [0.15, 0.2) is 12.1 Å². The van der Waals surface area contributed by atoms with Gasteiger partial charge in [0, 0.05) is 4.88 Å². The summed E-state index contributed by atoms with van der Waals surface area (Å²) in [6.45, 7) is 1.77. The number of carbonyl (C=O) groups is 3. The molecule has 0 unspecified atom stereocenters. The van der Waals surface area contributed by atoms with Gasteiger partial charge in [0.15, 0.2) is 5.78 Å². The Labute approximate surface area is 140 Å². The first kappa shape index (κ1) is 16.2. The molecule has 0 bridgehead atoms. The smallest absolute Gasteiger partial charge is 0.323 e. The van der Waals surface area contributed by atoms with Gasteiger partial charge in [0.25, 0.3) is 5.91 Å². The fourth-order valence-electron chi connectivity index (χ4n) is 3.47. The largest absolute Gasteiger partial charge is 0.325 e. The van der Waals surface area contributed by atoms with Crippen LogP contribution >= 0.6 is 11.3 Å². The lowest BCUT2D eigenvalue weighted by Gasteiger charge is -2.28. The van der Waals surface area contributed by atoms with Gasteiger partial charge in [0.05, 0.1) is 11.4 Å². The molecule has 124 valence electrons. The second kappa shape index (κ2) is 6.43.